The zero-order chi connectivity index (χ0) is 10.6. The molecule has 0 spiro atoms. The zero-order valence-electron chi connectivity index (χ0n) is 7.73. The highest BCUT2D eigenvalue weighted by Crippen LogP contribution is 2.00. The van der Waals surface area contributed by atoms with Gasteiger partial charge in [0.2, 0.25) is 0 Å². The highest BCUT2D eigenvalue weighted by atomic mass is 32.1. The maximum Gasteiger partial charge on any atom is 0.271 e. The monoisotopic (exact) mass is 209 g/mol. The molecule has 5 heteroatoms. The number of carbonyl (C=O) groups is 1. The lowest BCUT2D eigenvalue weighted by atomic mass is 10.2. The Bertz CT molecular complexity index is 339. The fraction of sp³-hybridized carbons (Fsp3) is 0.111. The van der Waals surface area contributed by atoms with Gasteiger partial charge in [-0.3, -0.25) is 15.2 Å². The van der Waals surface area contributed by atoms with Crippen molar-refractivity contribution in [3.63, 3.8) is 0 Å². The van der Waals surface area contributed by atoms with Gasteiger partial charge in [-0.15, -0.1) is 0 Å². The van der Waals surface area contributed by atoms with E-state index in [1.807, 2.05) is 6.07 Å². The summed E-state index contributed by atoms with van der Waals surface area (Å²) in [6.07, 6.45) is 0. The molecule has 0 saturated carbocycles. The summed E-state index contributed by atoms with van der Waals surface area (Å²) in [4.78, 5) is 11.6. The number of thiocarbonyl (C=S) groups is 1. The molecule has 1 aromatic carbocycles. The van der Waals surface area contributed by atoms with Gasteiger partial charge >= 0.3 is 0 Å². The predicted molar refractivity (Wildman–Crippen MR) is 58.5 cm³/mol. The zero-order valence-corrected chi connectivity index (χ0v) is 8.54. The van der Waals surface area contributed by atoms with Crippen molar-refractivity contribution < 1.29 is 4.79 Å². The fourth-order valence-corrected chi connectivity index (χ4v) is 1.13. The van der Waals surface area contributed by atoms with Crippen LogP contribution in [0.15, 0.2) is 30.3 Å². The van der Waals surface area contributed by atoms with Crippen molar-refractivity contribution in [1.29, 1.82) is 0 Å². The number of benzene rings is 1. The maximum absolute atomic E-state index is 11.6. The normalized spacial score (nSPS) is 9.21. The smallest absolute Gasteiger partial charge is 0.271 e. The van der Waals surface area contributed by atoms with Crippen LogP contribution >= 0.6 is 12.2 Å². The van der Waals surface area contributed by atoms with Gasteiger partial charge in [-0.05, 0) is 24.4 Å². The van der Waals surface area contributed by atoms with Gasteiger partial charge in [-0.2, -0.15) is 0 Å². The summed E-state index contributed by atoms with van der Waals surface area (Å²) in [5.41, 5.74) is 8.35. The molecule has 14 heavy (non-hydrogen) atoms. The van der Waals surface area contributed by atoms with Gasteiger partial charge < -0.3 is 5.73 Å². The Balaban J connectivity index is 2.71. The summed E-state index contributed by atoms with van der Waals surface area (Å²) in [5.74, 6) is -0.182. The van der Waals surface area contributed by atoms with Gasteiger partial charge in [-0.1, -0.05) is 18.2 Å². The van der Waals surface area contributed by atoms with Gasteiger partial charge in [0, 0.05) is 12.6 Å². The molecule has 0 radical (unpaired) electrons. The molecule has 0 heterocycles. The molecule has 1 aromatic rings. The van der Waals surface area contributed by atoms with Crippen LogP contribution in [0.2, 0.25) is 0 Å². The van der Waals surface area contributed by atoms with Crippen molar-refractivity contribution >= 4 is 23.2 Å². The molecule has 0 saturated heterocycles. The average molecular weight is 209 g/mol. The Kier molecular flexibility index (Phi) is 3.41. The lowest BCUT2D eigenvalue weighted by Gasteiger charge is -2.17. The third-order valence-corrected chi connectivity index (χ3v) is 1.69. The van der Waals surface area contributed by atoms with Crippen molar-refractivity contribution in [2.24, 2.45) is 5.73 Å². The van der Waals surface area contributed by atoms with Crippen LogP contribution in [0.25, 0.3) is 0 Å². The van der Waals surface area contributed by atoms with Crippen molar-refractivity contribution in [1.82, 2.24) is 10.4 Å². The first-order chi connectivity index (χ1) is 6.61. The molecule has 0 aliphatic carbocycles. The molecule has 0 aliphatic rings. The maximum atomic E-state index is 11.6. The third kappa shape index (κ3) is 2.70. The molecule has 1 rings (SSSR count). The Morgan fingerprint density at radius 2 is 2.00 bits per heavy atom. The van der Waals surface area contributed by atoms with E-state index in [1.165, 1.54) is 5.01 Å². The molecular formula is C9H11N3OS. The number of hydrazine groups is 1. The van der Waals surface area contributed by atoms with Gasteiger partial charge in [-0.25, -0.2) is 0 Å². The van der Waals surface area contributed by atoms with Gasteiger partial charge in [0.25, 0.3) is 5.91 Å². The molecule has 0 atom stereocenters. The average Bonchev–Trinajstić information content (AvgIpc) is 2.17. The minimum absolute atomic E-state index is 0.0665. The summed E-state index contributed by atoms with van der Waals surface area (Å²) in [6.45, 7) is 0. The molecule has 0 unspecified atom stereocenters. The number of amides is 1. The van der Waals surface area contributed by atoms with Crippen LogP contribution in [0.5, 0.6) is 0 Å². The highest BCUT2D eigenvalue weighted by molar-refractivity contribution is 7.80. The summed E-state index contributed by atoms with van der Waals surface area (Å²) in [5, 5.41) is 1.31. The number of rotatable bonds is 1. The van der Waals surface area contributed by atoms with E-state index >= 15 is 0 Å². The van der Waals surface area contributed by atoms with Crippen molar-refractivity contribution in [3.05, 3.63) is 35.9 Å². The van der Waals surface area contributed by atoms with Crippen molar-refractivity contribution in [2.75, 3.05) is 7.05 Å². The Morgan fingerprint density at radius 3 is 2.50 bits per heavy atom. The molecule has 0 aromatic heterocycles. The summed E-state index contributed by atoms with van der Waals surface area (Å²) in [6, 6.07) is 8.88. The quantitative estimate of drug-likeness (QED) is 0.522. The standard InChI is InChI=1S/C9H11N3OS/c1-12(11-9(10)14)8(13)7-5-3-2-4-6-7/h2-6H,1H3,(H3,10,11,14). The molecule has 0 fully saturated rings. The van der Waals surface area contributed by atoms with Gasteiger partial charge in [0.15, 0.2) is 5.11 Å². The minimum Gasteiger partial charge on any atom is -0.375 e. The second-order valence-corrected chi connectivity index (χ2v) is 3.15. The van der Waals surface area contributed by atoms with E-state index in [0.717, 1.165) is 0 Å². The topological polar surface area (TPSA) is 58.4 Å². The van der Waals surface area contributed by atoms with E-state index in [9.17, 15) is 4.79 Å². The molecule has 4 nitrogen and oxygen atoms in total. The second-order valence-electron chi connectivity index (χ2n) is 2.71. The van der Waals surface area contributed by atoms with E-state index < -0.39 is 0 Å². The predicted octanol–water partition coefficient (Wildman–Crippen LogP) is 0.507. The molecule has 0 bridgehead atoms. The first-order valence-corrected chi connectivity index (χ1v) is 4.41. The third-order valence-electron chi connectivity index (χ3n) is 1.60. The van der Waals surface area contributed by atoms with Crippen molar-refractivity contribution in [2.45, 2.75) is 0 Å². The van der Waals surface area contributed by atoms with E-state index in [1.54, 1.807) is 31.3 Å². The van der Waals surface area contributed by atoms with Gasteiger partial charge in [0.1, 0.15) is 0 Å². The van der Waals surface area contributed by atoms with E-state index in [0.29, 0.717) is 5.56 Å². The first-order valence-electron chi connectivity index (χ1n) is 4.00. The number of hydrogen-bond donors (Lipinski definition) is 2. The SMILES string of the molecule is CN(NC(N)=S)C(=O)c1ccccc1. The molecule has 3 N–H and O–H groups in total. The molecule has 74 valence electrons. The number of hydrogen-bond acceptors (Lipinski definition) is 2. The molecule has 0 aliphatic heterocycles. The number of carbonyl (C=O) groups excluding carboxylic acids is 1. The van der Waals surface area contributed by atoms with Crippen LogP contribution in [0.4, 0.5) is 0 Å². The van der Waals surface area contributed by atoms with Crippen LogP contribution in [-0.4, -0.2) is 23.1 Å². The van der Waals surface area contributed by atoms with Crippen LogP contribution < -0.4 is 11.2 Å². The molecule has 1 amide bonds. The van der Waals surface area contributed by atoms with E-state index in [2.05, 4.69) is 17.6 Å². The number of nitrogens with two attached hydrogens (primary N) is 1. The Morgan fingerprint density at radius 1 is 1.43 bits per heavy atom. The first kappa shape index (κ1) is 10.5. The van der Waals surface area contributed by atoms with Crippen molar-refractivity contribution in [3.8, 4) is 0 Å². The molecular weight excluding hydrogens is 198 g/mol. The largest absolute Gasteiger partial charge is 0.375 e. The number of nitrogens with one attached hydrogen (secondary N) is 1. The van der Waals surface area contributed by atoms with Gasteiger partial charge in [0.05, 0.1) is 0 Å². The lowest BCUT2D eigenvalue weighted by Crippen LogP contribution is -2.45. The summed E-state index contributed by atoms with van der Waals surface area (Å²) >= 11 is 4.61. The van der Waals surface area contributed by atoms with E-state index in [4.69, 9.17) is 5.73 Å². The van der Waals surface area contributed by atoms with Crippen LogP contribution in [0, 0.1) is 0 Å². The highest BCUT2D eigenvalue weighted by Gasteiger charge is 2.10. The van der Waals surface area contributed by atoms with Crippen LogP contribution in [0.1, 0.15) is 10.4 Å². The fourth-order valence-electron chi connectivity index (χ4n) is 0.990. The minimum atomic E-state index is -0.182. The second kappa shape index (κ2) is 4.57. The summed E-state index contributed by atoms with van der Waals surface area (Å²) < 4.78 is 0. The van der Waals surface area contributed by atoms with E-state index in [-0.39, 0.29) is 11.0 Å². The number of nitrogens with zero attached hydrogens (tertiary/aromatic N) is 1. The Hall–Kier alpha value is -1.62. The van der Waals surface area contributed by atoms with Crippen LogP contribution in [-0.2, 0) is 0 Å². The van der Waals surface area contributed by atoms with Crippen LogP contribution in [0.3, 0.4) is 0 Å². The summed E-state index contributed by atoms with van der Waals surface area (Å²) in [7, 11) is 1.56. The Labute approximate surface area is 87.7 Å². The lowest BCUT2D eigenvalue weighted by molar-refractivity contribution is 0.0759.